The van der Waals surface area contributed by atoms with Crippen LogP contribution >= 0.6 is 0 Å². The van der Waals surface area contributed by atoms with Crippen molar-refractivity contribution in [1.29, 1.82) is 0 Å². The molecule has 1 aromatic rings. The lowest BCUT2D eigenvalue weighted by Gasteiger charge is -2.17. The molecular formula is C10H11FN2O2. The lowest BCUT2D eigenvalue weighted by atomic mass is 10.2. The molecule has 1 unspecified atom stereocenters. The van der Waals surface area contributed by atoms with Gasteiger partial charge in [-0.2, -0.15) is 0 Å². The Hall–Kier alpha value is -1.62. The second-order valence-corrected chi connectivity index (χ2v) is 3.53. The molecule has 15 heavy (non-hydrogen) atoms. The molecule has 0 aliphatic carbocycles. The summed E-state index contributed by atoms with van der Waals surface area (Å²) < 4.78 is 13.1. The first-order chi connectivity index (χ1) is 7.09. The maximum atomic E-state index is 13.1. The standard InChI is InChI=1S/C10H11FN2O2/c11-7-2-1-3-8(10(7)12)13-5-6(14)4-9(13)15/h1-3,6,14H,4-5,12H2. The zero-order chi connectivity index (χ0) is 11.0. The summed E-state index contributed by atoms with van der Waals surface area (Å²) in [6, 6.07) is 4.28. The fourth-order valence-corrected chi connectivity index (χ4v) is 1.68. The number of carbonyl (C=O) groups excluding carboxylic acids is 1. The Morgan fingerprint density at radius 2 is 2.27 bits per heavy atom. The van der Waals surface area contributed by atoms with Gasteiger partial charge in [-0.15, -0.1) is 0 Å². The molecular weight excluding hydrogens is 199 g/mol. The molecule has 3 N–H and O–H groups in total. The average Bonchev–Trinajstić information content (AvgIpc) is 2.50. The third-order valence-corrected chi connectivity index (χ3v) is 2.43. The fraction of sp³-hybridized carbons (Fsp3) is 0.300. The van der Waals surface area contributed by atoms with E-state index >= 15 is 0 Å². The van der Waals surface area contributed by atoms with Crippen LogP contribution in [-0.2, 0) is 4.79 Å². The number of nitrogens with two attached hydrogens (primary N) is 1. The molecule has 1 fully saturated rings. The number of hydrogen-bond donors (Lipinski definition) is 2. The van der Waals surface area contributed by atoms with Gasteiger partial charge >= 0.3 is 0 Å². The highest BCUT2D eigenvalue weighted by atomic mass is 19.1. The minimum atomic E-state index is -0.694. The predicted molar refractivity (Wildman–Crippen MR) is 53.8 cm³/mol. The van der Waals surface area contributed by atoms with Gasteiger partial charge in [0.1, 0.15) is 5.82 Å². The minimum Gasteiger partial charge on any atom is -0.395 e. The van der Waals surface area contributed by atoms with Crippen LogP contribution in [0.4, 0.5) is 15.8 Å². The molecule has 1 aliphatic heterocycles. The molecule has 1 amide bonds. The van der Waals surface area contributed by atoms with Crippen LogP contribution in [0.1, 0.15) is 6.42 Å². The van der Waals surface area contributed by atoms with Gasteiger partial charge in [-0.05, 0) is 12.1 Å². The third-order valence-electron chi connectivity index (χ3n) is 2.43. The van der Waals surface area contributed by atoms with E-state index in [2.05, 4.69) is 0 Å². The summed E-state index contributed by atoms with van der Waals surface area (Å²) in [7, 11) is 0. The molecule has 1 aromatic carbocycles. The summed E-state index contributed by atoms with van der Waals surface area (Å²) >= 11 is 0. The van der Waals surface area contributed by atoms with Gasteiger partial charge in [0, 0.05) is 0 Å². The number of benzene rings is 1. The van der Waals surface area contributed by atoms with Gasteiger partial charge in [-0.3, -0.25) is 4.79 Å². The summed E-state index contributed by atoms with van der Waals surface area (Å²) in [5.74, 6) is -0.790. The fourth-order valence-electron chi connectivity index (χ4n) is 1.68. The van der Waals surface area contributed by atoms with E-state index < -0.39 is 11.9 Å². The Kier molecular flexibility index (Phi) is 2.32. The molecule has 0 aromatic heterocycles. The lowest BCUT2D eigenvalue weighted by Crippen LogP contribution is -2.26. The number of halogens is 1. The van der Waals surface area contributed by atoms with Crippen molar-refractivity contribution >= 4 is 17.3 Å². The van der Waals surface area contributed by atoms with Crippen molar-refractivity contribution in [2.24, 2.45) is 0 Å². The molecule has 4 nitrogen and oxygen atoms in total. The minimum absolute atomic E-state index is 0.0556. The number of rotatable bonds is 1. The summed E-state index contributed by atoms with van der Waals surface area (Å²) in [6.45, 7) is 0.173. The van der Waals surface area contributed by atoms with Crippen LogP contribution in [0.5, 0.6) is 0 Å². The highest BCUT2D eigenvalue weighted by Gasteiger charge is 2.30. The van der Waals surface area contributed by atoms with Gasteiger partial charge in [0.25, 0.3) is 0 Å². The molecule has 0 saturated carbocycles. The number of aliphatic hydroxyl groups excluding tert-OH is 1. The van der Waals surface area contributed by atoms with Crippen molar-refractivity contribution in [1.82, 2.24) is 0 Å². The largest absolute Gasteiger partial charge is 0.395 e. The van der Waals surface area contributed by atoms with Gasteiger partial charge in [0.2, 0.25) is 5.91 Å². The zero-order valence-corrected chi connectivity index (χ0v) is 7.98. The number of β-amino-alcohol motifs (C(OH)–C–C–N with tert-alkyl or cyclic N) is 1. The smallest absolute Gasteiger partial charge is 0.229 e. The first kappa shape index (κ1) is 9.92. The van der Waals surface area contributed by atoms with Crippen molar-refractivity contribution in [2.75, 3.05) is 17.2 Å². The first-order valence-corrected chi connectivity index (χ1v) is 4.62. The zero-order valence-electron chi connectivity index (χ0n) is 7.98. The number of carbonyl (C=O) groups is 1. The van der Waals surface area contributed by atoms with E-state index in [0.29, 0.717) is 5.69 Å². The Labute approximate surface area is 86.1 Å². The molecule has 0 spiro atoms. The lowest BCUT2D eigenvalue weighted by molar-refractivity contribution is -0.117. The van der Waals surface area contributed by atoms with Gasteiger partial charge < -0.3 is 15.7 Å². The number of amides is 1. The Morgan fingerprint density at radius 1 is 1.53 bits per heavy atom. The topological polar surface area (TPSA) is 66.6 Å². The monoisotopic (exact) mass is 210 g/mol. The quantitative estimate of drug-likeness (QED) is 0.663. The normalized spacial score (nSPS) is 21.1. The highest BCUT2D eigenvalue weighted by Crippen LogP contribution is 2.29. The van der Waals surface area contributed by atoms with Crippen molar-refractivity contribution in [2.45, 2.75) is 12.5 Å². The van der Waals surface area contributed by atoms with E-state index in [4.69, 9.17) is 5.73 Å². The number of aliphatic hydroxyl groups is 1. The van der Waals surface area contributed by atoms with Crippen molar-refractivity contribution in [3.05, 3.63) is 24.0 Å². The molecule has 1 saturated heterocycles. The van der Waals surface area contributed by atoms with E-state index in [1.807, 2.05) is 0 Å². The van der Waals surface area contributed by atoms with Crippen LogP contribution in [0.3, 0.4) is 0 Å². The maximum absolute atomic E-state index is 13.1. The molecule has 1 heterocycles. The maximum Gasteiger partial charge on any atom is 0.229 e. The Balaban J connectivity index is 2.38. The van der Waals surface area contributed by atoms with Gasteiger partial charge in [-0.25, -0.2) is 4.39 Å². The molecule has 5 heteroatoms. The molecule has 1 aliphatic rings. The molecule has 2 rings (SSSR count). The second kappa shape index (κ2) is 3.51. The van der Waals surface area contributed by atoms with Crippen LogP contribution in [-0.4, -0.2) is 23.7 Å². The van der Waals surface area contributed by atoms with Gasteiger partial charge in [0.15, 0.2) is 0 Å². The van der Waals surface area contributed by atoms with Crippen molar-refractivity contribution in [3.63, 3.8) is 0 Å². The molecule has 0 bridgehead atoms. The van der Waals surface area contributed by atoms with E-state index in [9.17, 15) is 14.3 Å². The average molecular weight is 210 g/mol. The third kappa shape index (κ3) is 1.66. The van der Waals surface area contributed by atoms with Crippen LogP contribution in [0.25, 0.3) is 0 Å². The highest BCUT2D eigenvalue weighted by molar-refractivity contribution is 5.98. The van der Waals surface area contributed by atoms with Gasteiger partial charge in [0.05, 0.1) is 30.4 Å². The Morgan fingerprint density at radius 3 is 2.87 bits per heavy atom. The van der Waals surface area contributed by atoms with Crippen LogP contribution in [0.2, 0.25) is 0 Å². The molecule has 80 valence electrons. The predicted octanol–water partition coefficient (Wildman–Crippen LogP) is 0.506. The number of anilines is 2. The number of nitrogen functional groups attached to an aromatic ring is 1. The summed E-state index contributed by atoms with van der Waals surface area (Å²) in [4.78, 5) is 12.7. The molecule has 0 radical (unpaired) electrons. The first-order valence-electron chi connectivity index (χ1n) is 4.62. The summed E-state index contributed by atoms with van der Waals surface area (Å²) in [5, 5.41) is 9.29. The van der Waals surface area contributed by atoms with E-state index in [1.165, 1.54) is 17.0 Å². The molecule has 1 atom stereocenters. The van der Waals surface area contributed by atoms with E-state index in [0.717, 1.165) is 0 Å². The summed E-state index contributed by atoms with van der Waals surface area (Å²) in [6.07, 6.45) is -0.629. The summed E-state index contributed by atoms with van der Waals surface area (Å²) in [5.41, 5.74) is 5.79. The second-order valence-electron chi connectivity index (χ2n) is 3.53. The number of hydrogen-bond acceptors (Lipinski definition) is 3. The van der Waals surface area contributed by atoms with Crippen molar-refractivity contribution < 1.29 is 14.3 Å². The van der Waals surface area contributed by atoms with Crippen molar-refractivity contribution in [3.8, 4) is 0 Å². The van der Waals surface area contributed by atoms with E-state index in [-0.39, 0.29) is 24.6 Å². The Bertz CT molecular complexity index is 408. The van der Waals surface area contributed by atoms with Gasteiger partial charge in [-0.1, -0.05) is 6.07 Å². The number of para-hydroxylation sites is 1. The van der Waals surface area contributed by atoms with Crippen LogP contribution in [0.15, 0.2) is 18.2 Å². The van der Waals surface area contributed by atoms with E-state index in [1.54, 1.807) is 6.07 Å². The number of nitrogens with zero attached hydrogens (tertiary/aromatic N) is 1. The van der Waals surface area contributed by atoms with Crippen LogP contribution < -0.4 is 10.6 Å². The SMILES string of the molecule is Nc1c(F)cccc1N1CC(O)CC1=O. The van der Waals surface area contributed by atoms with Crippen LogP contribution in [0, 0.1) is 5.82 Å².